The first-order valence-electron chi connectivity index (χ1n) is 4.49. The van der Waals surface area contributed by atoms with Crippen molar-refractivity contribution in [3.8, 4) is 0 Å². The van der Waals surface area contributed by atoms with Gasteiger partial charge in [0.1, 0.15) is 0 Å². The Hall–Kier alpha value is -1.04. The number of rotatable bonds is 1. The molecule has 0 unspecified atom stereocenters. The van der Waals surface area contributed by atoms with E-state index in [-0.39, 0.29) is 0 Å². The van der Waals surface area contributed by atoms with E-state index in [0.717, 1.165) is 6.92 Å². The minimum absolute atomic E-state index is 0.825. The fourth-order valence-electron chi connectivity index (χ4n) is 1.32. The predicted octanol–water partition coefficient (Wildman–Crippen LogP) is 3.39. The van der Waals surface area contributed by atoms with Crippen molar-refractivity contribution < 1.29 is 37.3 Å². The van der Waals surface area contributed by atoms with Gasteiger partial charge in [-0.15, -0.1) is 0 Å². The summed E-state index contributed by atoms with van der Waals surface area (Å²) in [5, 5.41) is 0. The number of benzene rings is 1. The number of hydrogen-bond acceptors (Lipinski definition) is 3. The van der Waals surface area contributed by atoms with Crippen molar-refractivity contribution in [2.75, 3.05) is 0 Å². The Kier molecular flexibility index (Phi) is 3.41. The van der Waals surface area contributed by atoms with Gasteiger partial charge in [0.05, 0.1) is 0 Å². The van der Waals surface area contributed by atoms with Crippen LogP contribution in [0.5, 0.6) is 0 Å². The Labute approximate surface area is 110 Å². The first-order valence-corrected chi connectivity index (χ1v) is 7.33. The Morgan fingerprint density at radius 3 is 2.16 bits per heavy atom. The topological polar surface area (TPSA) is 35.5 Å². The third-order valence-corrected chi connectivity index (χ3v) is 5.87. The van der Waals surface area contributed by atoms with Crippen LogP contribution in [0.2, 0.25) is 0 Å². The molecule has 1 aromatic rings. The SMILES string of the molecule is CC(=O)OI1OC(F)(F)c2c(F)c(F)c(F)c(F)c21. The zero-order valence-electron chi connectivity index (χ0n) is 8.87. The van der Waals surface area contributed by atoms with Crippen LogP contribution in [0.1, 0.15) is 12.5 Å². The van der Waals surface area contributed by atoms with Gasteiger partial charge in [-0.25, -0.2) is 0 Å². The van der Waals surface area contributed by atoms with Crippen LogP contribution in [0, 0.1) is 26.8 Å². The number of hydrogen-bond donors (Lipinski definition) is 0. The molecule has 10 heteroatoms. The normalized spacial score (nSPS) is 18.4. The summed E-state index contributed by atoms with van der Waals surface area (Å²) in [7, 11) is 0. The van der Waals surface area contributed by atoms with Gasteiger partial charge in [-0.05, 0) is 0 Å². The van der Waals surface area contributed by atoms with Gasteiger partial charge in [-0.1, -0.05) is 0 Å². The average Bonchev–Trinajstić information content (AvgIpc) is 2.53. The summed E-state index contributed by atoms with van der Waals surface area (Å²) in [6.45, 7) is 0.825. The van der Waals surface area contributed by atoms with E-state index in [9.17, 15) is 31.1 Å². The number of halogens is 7. The summed E-state index contributed by atoms with van der Waals surface area (Å²) < 4.78 is 86.4. The van der Waals surface area contributed by atoms with Crippen LogP contribution in [-0.4, -0.2) is 5.97 Å². The molecule has 0 saturated carbocycles. The summed E-state index contributed by atoms with van der Waals surface area (Å²) in [4.78, 5) is 10.7. The molecule has 19 heavy (non-hydrogen) atoms. The molecule has 2 rings (SSSR count). The molecule has 1 aliphatic heterocycles. The first kappa shape index (κ1) is 14.4. The van der Waals surface area contributed by atoms with Gasteiger partial charge in [-0.3, -0.25) is 0 Å². The summed E-state index contributed by atoms with van der Waals surface area (Å²) in [5.74, 6) is -10.0. The summed E-state index contributed by atoms with van der Waals surface area (Å²) in [6, 6.07) is 0. The summed E-state index contributed by atoms with van der Waals surface area (Å²) in [6.07, 6.45) is -4.38. The number of fused-ring (bicyclic) bond motifs is 1. The molecule has 1 aliphatic rings. The van der Waals surface area contributed by atoms with Crippen molar-refractivity contribution in [3.63, 3.8) is 0 Å². The van der Waals surface area contributed by atoms with Gasteiger partial charge in [0.15, 0.2) is 0 Å². The van der Waals surface area contributed by atoms with E-state index in [0.29, 0.717) is 0 Å². The van der Waals surface area contributed by atoms with Crippen molar-refractivity contribution in [2.24, 2.45) is 0 Å². The molecule has 0 atom stereocenters. The maximum absolute atomic E-state index is 13.4. The van der Waals surface area contributed by atoms with Crippen LogP contribution in [0.15, 0.2) is 0 Å². The van der Waals surface area contributed by atoms with E-state index in [1.807, 2.05) is 0 Å². The molecule has 0 saturated heterocycles. The van der Waals surface area contributed by atoms with Crippen LogP contribution in [0.3, 0.4) is 0 Å². The third-order valence-electron chi connectivity index (χ3n) is 2.00. The molecule has 0 spiro atoms. The van der Waals surface area contributed by atoms with Crippen LogP contribution < -0.4 is 0 Å². The average molecular weight is 400 g/mol. The van der Waals surface area contributed by atoms with Gasteiger partial charge in [0.2, 0.25) is 0 Å². The third kappa shape index (κ3) is 2.16. The van der Waals surface area contributed by atoms with E-state index < -0.39 is 65.1 Å². The fraction of sp³-hybridized carbons (Fsp3) is 0.222. The zero-order valence-corrected chi connectivity index (χ0v) is 11.0. The van der Waals surface area contributed by atoms with Gasteiger partial charge in [0, 0.05) is 0 Å². The molecule has 3 nitrogen and oxygen atoms in total. The molecular formula is C9H3F6IO3. The van der Waals surface area contributed by atoms with Gasteiger partial charge in [-0.2, -0.15) is 0 Å². The van der Waals surface area contributed by atoms with Crippen molar-refractivity contribution >= 4 is 26.6 Å². The van der Waals surface area contributed by atoms with Crippen molar-refractivity contribution in [1.82, 2.24) is 0 Å². The molecule has 0 N–H and O–H groups in total. The molecule has 0 amide bonds. The monoisotopic (exact) mass is 400 g/mol. The van der Waals surface area contributed by atoms with Gasteiger partial charge < -0.3 is 0 Å². The van der Waals surface area contributed by atoms with Crippen LogP contribution in [-0.2, 0) is 17.0 Å². The maximum atomic E-state index is 13.4. The van der Waals surface area contributed by atoms with E-state index >= 15 is 0 Å². The summed E-state index contributed by atoms with van der Waals surface area (Å²) >= 11 is -4.10. The zero-order chi connectivity index (χ0) is 14.5. The Balaban J connectivity index is 2.71. The van der Waals surface area contributed by atoms with Gasteiger partial charge >= 0.3 is 109 Å². The fourth-order valence-corrected chi connectivity index (χ4v) is 4.75. The second-order valence-electron chi connectivity index (χ2n) is 3.32. The second kappa shape index (κ2) is 4.51. The Morgan fingerprint density at radius 1 is 1.11 bits per heavy atom. The molecule has 0 bridgehead atoms. The molecule has 106 valence electrons. The van der Waals surface area contributed by atoms with E-state index in [4.69, 9.17) is 0 Å². The number of alkyl halides is 2. The quantitative estimate of drug-likeness (QED) is 0.314. The number of carbonyl (C=O) groups is 1. The van der Waals surface area contributed by atoms with Crippen LogP contribution in [0.25, 0.3) is 0 Å². The van der Waals surface area contributed by atoms with E-state index in [1.165, 1.54) is 0 Å². The molecule has 1 heterocycles. The Bertz CT molecular complexity index is 576. The molecule has 0 aliphatic carbocycles. The molecule has 0 fully saturated rings. The van der Waals surface area contributed by atoms with Crippen LogP contribution in [0.4, 0.5) is 26.3 Å². The Morgan fingerprint density at radius 2 is 1.63 bits per heavy atom. The summed E-state index contributed by atoms with van der Waals surface area (Å²) in [5.41, 5.74) is -1.75. The van der Waals surface area contributed by atoms with Crippen molar-refractivity contribution in [3.05, 3.63) is 32.4 Å². The van der Waals surface area contributed by atoms with E-state index in [1.54, 1.807) is 0 Å². The molecule has 0 radical (unpaired) electrons. The van der Waals surface area contributed by atoms with Crippen LogP contribution >= 0.6 is 20.6 Å². The minimum atomic E-state index is -4.38. The second-order valence-corrected chi connectivity index (χ2v) is 6.52. The first-order chi connectivity index (χ1) is 8.66. The van der Waals surface area contributed by atoms with Crippen molar-refractivity contribution in [1.29, 1.82) is 0 Å². The molecule has 1 aromatic carbocycles. The van der Waals surface area contributed by atoms with E-state index in [2.05, 4.69) is 6.13 Å². The molecule has 0 aromatic heterocycles. The molecular weight excluding hydrogens is 397 g/mol. The number of carbonyl (C=O) groups excluding carboxylic acids is 1. The standard InChI is InChI=1S/C9H3F6IO3/c1-2(17)18-16-8-3(9(14,15)19-16)4(10)5(11)6(12)7(8)13/h1H3. The van der Waals surface area contributed by atoms with Gasteiger partial charge in [0.25, 0.3) is 0 Å². The van der Waals surface area contributed by atoms with Crippen molar-refractivity contribution in [2.45, 2.75) is 13.0 Å². The predicted molar refractivity (Wildman–Crippen MR) is 55.7 cm³/mol.